The van der Waals surface area contributed by atoms with Crippen molar-refractivity contribution in [1.82, 2.24) is 10.2 Å². The van der Waals surface area contributed by atoms with Crippen molar-refractivity contribution in [2.24, 2.45) is 0 Å². The van der Waals surface area contributed by atoms with Crippen LogP contribution in [0.2, 0.25) is 0 Å². The van der Waals surface area contributed by atoms with Gasteiger partial charge >= 0.3 is 0 Å². The number of nitrogens with one attached hydrogen (secondary N) is 1. The zero-order valence-corrected chi connectivity index (χ0v) is 11.3. The normalized spacial score (nSPS) is 18.2. The number of phenolic OH excluding ortho intramolecular Hbond substituents is 1. The molecule has 0 amide bonds. The third-order valence-electron chi connectivity index (χ3n) is 3.64. The minimum absolute atomic E-state index is 0.00556. The number of rotatable bonds is 4. The van der Waals surface area contributed by atoms with Crippen molar-refractivity contribution in [2.45, 2.75) is 19.4 Å². The fourth-order valence-corrected chi connectivity index (χ4v) is 2.64. The van der Waals surface area contributed by atoms with Gasteiger partial charge in [0.2, 0.25) is 0 Å². The molecule has 1 fully saturated rings. The molecule has 1 aromatic carbocycles. The molecule has 3 nitrogen and oxygen atoms in total. The highest BCUT2D eigenvalue weighted by Crippen LogP contribution is 2.34. The number of nitrogens with zero attached hydrogens (tertiary/aromatic N) is 1. The van der Waals surface area contributed by atoms with Crippen molar-refractivity contribution in [3.05, 3.63) is 41.7 Å². The van der Waals surface area contributed by atoms with Gasteiger partial charge in [0.1, 0.15) is 11.6 Å². The second kappa shape index (κ2) is 6.17. The van der Waals surface area contributed by atoms with E-state index in [0.29, 0.717) is 17.5 Å². The van der Waals surface area contributed by atoms with E-state index in [1.807, 2.05) is 6.08 Å². The van der Waals surface area contributed by atoms with Crippen LogP contribution < -0.4 is 5.32 Å². The Balaban J connectivity index is 2.34. The number of aromatic hydroxyl groups is 1. The molecular weight excluding hydrogens is 243 g/mol. The lowest BCUT2D eigenvalue weighted by atomic mass is 9.97. The van der Waals surface area contributed by atoms with Crippen molar-refractivity contribution in [3.8, 4) is 5.75 Å². The summed E-state index contributed by atoms with van der Waals surface area (Å²) in [7, 11) is 0. The molecule has 4 heteroatoms. The van der Waals surface area contributed by atoms with Crippen LogP contribution in [0.25, 0.3) is 0 Å². The predicted molar refractivity (Wildman–Crippen MR) is 74.8 cm³/mol. The van der Waals surface area contributed by atoms with Gasteiger partial charge in [0.15, 0.2) is 0 Å². The van der Waals surface area contributed by atoms with Gasteiger partial charge < -0.3 is 10.4 Å². The van der Waals surface area contributed by atoms with Gasteiger partial charge in [-0.15, -0.1) is 6.58 Å². The average Bonchev–Trinajstić information content (AvgIpc) is 2.41. The fraction of sp³-hybridized carbons (Fsp3) is 0.467. The second-order valence-electron chi connectivity index (χ2n) is 4.99. The summed E-state index contributed by atoms with van der Waals surface area (Å²) in [5.41, 5.74) is 1.25. The van der Waals surface area contributed by atoms with Gasteiger partial charge in [-0.25, -0.2) is 4.39 Å². The highest BCUT2D eigenvalue weighted by atomic mass is 19.1. The standard InChI is InChI=1S/C15H21FN2O/c1-3-4-14(18-7-5-17-6-8-18)13-10-12(16)9-11(2)15(13)19/h3,9-10,14,17,19H,1,4-8H2,2H3/t14-/m1/s1. The quantitative estimate of drug-likeness (QED) is 0.820. The summed E-state index contributed by atoms with van der Waals surface area (Å²) in [4.78, 5) is 2.27. The van der Waals surface area contributed by atoms with Crippen molar-refractivity contribution < 1.29 is 9.50 Å². The molecule has 0 aromatic heterocycles. The lowest BCUT2D eigenvalue weighted by Gasteiger charge is -2.35. The molecule has 1 aliphatic rings. The third kappa shape index (κ3) is 3.14. The van der Waals surface area contributed by atoms with Crippen LogP contribution in [0.4, 0.5) is 4.39 Å². The molecule has 0 radical (unpaired) electrons. The Morgan fingerprint density at radius 2 is 2.16 bits per heavy atom. The van der Waals surface area contributed by atoms with Gasteiger partial charge in [0.25, 0.3) is 0 Å². The van der Waals surface area contributed by atoms with E-state index in [-0.39, 0.29) is 17.6 Å². The number of halogens is 1. The summed E-state index contributed by atoms with van der Waals surface area (Å²) < 4.78 is 13.6. The molecule has 104 valence electrons. The van der Waals surface area contributed by atoms with Crippen LogP contribution in [-0.4, -0.2) is 36.2 Å². The molecule has 2 rings (SSSR count). The van der Waals surface area contributed by atoms with Gasteiger partial charge in [-0.2, -0.15) is 0 Å². The van der Waals surface area contributed by atoms with E-state index in [2.05, 4.69) is 16.8 Å². The van der Waals surface area contributed by atoms with Crippen molar-refractivity contribution in [2.75, 3.05) is 26.2 Å². The highest BCUT2D eigenvalue weighted by molar-refractivity contribution is 5.42. The van der Waals surface area contributed by atoms with Crippen LogP contribution in [0.3, 0.4) is 0 Å². The summed E-state index contributed by atoms with van der Waals surface area (Å²) in [5, 5.41) is 13.5. The first-order valence-electron chi connectivity index (χ1n) is 6.68. The van der Waals surface area contributed by atoms with Crippen LogP contribution in [0.5, 0.6) is 5.75 Å². The molecule has 19 heavy (non-hydrogen) atoms. The van der Waals surface area contributed by atoms with Crippen LogP contribution in [0.15, 0.2) is 24.8 Å². The topological polar surface area (TPSA) is 35.5 Å². The summed E-state index contributed by atoms with van der Waals surface area (Å²) >= 11 is 0. The number of benzene rings is 1. The van der Waals surface area contributed by atoms with Gasteiger partial charge in [-0.05, 0) is 31.0 Å². The molecule has 0 spiro atoms. The van der Waals surface area contributed by atoms with E-state index in [1.165, 1.54) is 12.1 Å². The van der Waals surface area contributed by atoms with Crippen molar-refractivity contribution in [3.63, 3.8) is 0 Å². The Morgan fingerprint density at radius 1 is 1.47 bits per heavy atom. The van der Waals surface area contributed by atoms with E-state index >= 15 is 0 Å². The highest BCUT2D eigenvalue weighted by Gasteiger charge is 2.24. The molecule has 0 aliphatic carbocycles. The van der Waals surface area contributed by atoms with E-state index < -0.39 is 0 Å². The number of hydrogen-bond acceptors (Lipinski definition) is 3. The summed E-state index contributed by atoms with van der Waals surface area (Å²) in [5.74, 6) is -0.0960. The molecule has 1 saturated heterocycles. The molecule has 0 saturated carbocycles. The third-order valence-corrected chi connectivity index (χ3v) is 3.64. The van der Waals surface area contributed by atoms with Crippen LogP contribution in [-0.2, 0) is 0 Å². The first kappa shape index (κ1) is 14.0. The monoisotopic (exact) mass is 264 g/mol. The zero-order valence-electron chi connectivity index (χ0n) is 11.3. The van der Waals surface area contributed by atoms with Crippen LogP contribution in [0, 0.1) is 12.7 Å². The van der Waals surface area contributed by atoms with E-state index in [4.69, 9.17) is 0 Å². The molecule has 1 aliphatic heterocycles. The molecular formula is C15H21FN2O. The SMILES string of the molecule is C=CC[C@H](c1cc(F)cc(C)c1O)N1CCNCC1. The molecule has 0 bridgehead atoms. The number of aryl methyl sites for hydroxylation is 1. The van der Waals surface area contributed by atoms with E-state index in [9.17, 15) is 9.50 Å². The first-order chi connectivity index (χ1) is 9.13. The number of hydrogen-bond donors (Lipinski definition) is 2. The fourth-order valence-electron chi connectivity index (χ4n) is 2.64. The molecule has 1 aromatic rings. The molecule has 1 atom stereocenters. The Morgan fingerprint density at radius 3 is 2.79 bits per heavy atom. The zero-order chi connectivity index (χ0) is 13.8. The second-order valence-corrected chi connectivity index (χ2v) is 4.99. The molecule has 0 unspecified atom stereocenters. The van der Waals surface area contributed by atoms with Crippen molar-refractivity contribution >= 4 is 0 Å². The smallest absolute Gasteiger partial charge is 0.124 e. The van der Waals surface area contributed by atoms with Gasteiger partial charge in [-0.3, -0.25) is 4.90 Å². The maximum absolute atomic E-state index is 13.6. The van der Waals surface area contributed by atoms with E-state index in [1.54, 1.807) is 6.92 Å². The lowest BCUT2D eigenvalue weighted by molar-refractivity contribution is 0.171. The minimum atomic E-state index is -0.297. The largest absolute Gasteiger partial charge is 0.507 e. The summed E-state index contributed by atoms with van der Waals surface area (Å²) in [6, 6.07) is 2.80. The maximum Gasteiger partial charge on any atom is 0.124 e. The lowest BCUT2D eigenvalue weighted by Crippen LogP contribution is -2.45. The number of phenols is 1. The van der Waals surface area contributed by atoms with Gasteiger partial charge in [0.05, 0.1) is 0 Å². The van der Waals surface area contributed by atoms with Crippen molar-refractivity contribution in [1.29, 1.82) is 0 Å². The maximum atomic E-state index is 13.6. The predicted octanol–water partition coefficient (Wildman–Crippen LogP) is 2.36. The molecule has 2 N–H and O–H groups in total. The molecule has 1 heterocycles. The van der Waals surface area contributed by atoms with E-state index in [0.717, 1.165) is 26.2 Å². The Bertz CT molecular complexity index is 456. The average molecular weight is 264 g/mol. The minimum Gasteiger partial charge on any atom is -0.507 e. The van der Waals surface area contributed by atoms with Crippen LogP contribution >= 0.6 is 0 Å². The number of piperazine rings is 1. The van der Waals surface area contributed by atoms with Crippen LogP contribution in [0.1, 0.15) is 23.6 Å². The summed E-state index contributed by atoms with van der Waals surface area (Å²) in [6.45, 7) is 9.14. The first-order valence-corrected chi connectivity index (χ1v) is 6.68. The Labute approximate surface area is 113 Å². The summed E-state index contributed by atoms with van der Waals surface area (Å²) in [6.07, 6.45) is 2.53. The Hall–Kier alpha value is -1.39. The Kier molecular flexibility index (Phi) is 4.56. The van der Waals surface area contributed by atoms with Gasteiger partial charge in [-0.1, -0.05) is 6.08 Å². The van der Waals surface area contributed by atoms with Gasteiger partial charge in [0, 0.05) is 37.8 Å².